The van der Waals surface area contributed by atoms with E-state index >= 15 is 0 Å². The van der Waals surface area contributed by atoms with Gasteiger partial charge >= 0.3 is 0 Å². The molecule has 0 saturated carbocycles. The van der Waals surface area contributed by atoms with Crippen LogP contribution in [-0.2, 0) is 9.53 Å². The molecule has 0 aromatic rings. The molecule has 0 aliphatic carbocycles. The molecule has 1 aliphatic rings. The van der Waals surface area contributed by atoms with Crippen molar-refractivity contribution in [3.05, 3.63) is 0 Å². The second kappa shape index (κ2) is 1.94. The van der Waals surface area contributed by atoms with Crippen LogP contribution in [0, 0.1) is 0 Å². The van der Waals surface area contributed by atoms with E-state index in [1.54, 1.807) is 0 Å². The summed E-state index contributed by atoms with van der Waals surface area (Å²) in [4.78, 5) is 14.2. The van der Waals surface area contributed by atoms with Gasteiger partial charge in [-0.1, -0.05) is 0 Å². The molecular formula is C5H7NO2. The molecule has 3 heteroatoms. The van der Waals surface area contributed by atoms with Crippen LogP contribution < -0.4 is 0 Å². The summed E-state index contributed by atoms with van der Waals surface area (Å²) in [7, 11) is 0. The van der Waals surface area contributed by atoms with Crippen molar-refractivity contribution in [3.8, 4) is 0 Å². The standard InChI is InChI=1S/C5H7NO2/c1-4(7)5-6-2-3-8-5/h2-3H2,1H3. The first-order chi connectivity index (χ1) is 3.80. The Balaban J connectivity index is 2.57. The third-order valence-corrected chi connectivity index (χ3v) is 0.887. The Bertz CT molecular complexity index is 139. The minimum atomic E-state index is -0.0810. The molecule has 0 amide bonds. The van der Waals surface area contributed by atoms with E-state index in [9.17, 15) is 4.79 Å². The van der Waals surface area contributed by atoms with E-state index in [-0.39, 0.29) is 11.7 Å². The minimum absolute atomic E-state index is 0.0810. The van der Waals surface area contributed by atoms with Gasteiger partial charge in [-0.15, -0.1) is 0 Å². The SMILES string of the molecule is CC(=O)C1=NCCO1. The van der Waals surface area contributed by atoms with E-state index in [4.69, 9.17) is 4.74 Å². The minimum Gasteiger partial charge on any atom is -0.473 e. The highest BCUT2D eigenvalue weighted by Crippen LogP contribution is 1.93. The summed E-state index contributed by atoms with van der Waals surface area (Å²) < 4.78 is 4.81. The lowest BCUT2D eigenvalue weighted by Crippen LogP contribution is -2.08. The third-order valence-electron chi connectivity index (χ3n) is 0.887. The van der Waals surface area contributed by atoms with Crippen LogP contribution >= 0.6 is 0 Å². The molecule has 8 heavy (non-hydrogen) atoms. The van der Waals surface area contributed by atoms with Crippen molar-refractivity contribution in [3.63, 3.8) is 0 Å². The summed E-state index contributed by atoms with van der Waals surface area (Å²) in [6, 6.07) is 0. The van der Waals surface area contributed by atoms with Crippen molar-refractivity contribution in [2.24, 2.45) is 4.99 Å². The van der Waals surface area contributed by atoms with Gasteiger partial charge in [-0.25, -0.2) is 4.99 Å². The second-order valence-corrected chi connectivity index (χ2v) is 1.59. The number of aliphatic imine (C=N–C) groups is 1. The van der Waals surface area contributed by atoms with Gasteiger partial charge in [-0.2, -0.15) is 0 Å². The highest BCUT2D eigenvalue weighted by Gasteiger charge is 2.10. The van der Waals surface area contributed by atoms with Gasteiger partial charge in [0.05, 0.1) is 6.54 Å². The van der Waals surface area contributed by atoms with Crippen LogP contribution in [-0.4, -0.2) is 24.8 Å². The number of rotatable bonds is 1. The lowest BCUT2D eigenvalue weighted by atomic mass is 10.5. The lowest BCUT2D eigenvalue weighted by molar-refractivity contribution is -0.112. The maximum atomic E-state index is 10.4. The van der Waals surface area contributed by atoms with E-state index in [1.165, 1.54) is 6.92 Å². The second-order valence-electron chi connectivity index (χ2n) is 1.59. The quantitative estimate of drug-likeness (QED) is 0.480. The molecule has 0 spiro atoms. The Morgan fingerprint density at radius 1 is 1.88 bits per heavy atom. The van der Waals surface area contributed by atoms with Crippen molar-refractivity contribution >= 4 is 11.7 Å². The molecule has 3 nitrogen and oxygen atoms in total. The van der Waals surface area contributed by atoms with Gasteiger partial charge in [0, 0.05) is 6.92 Å². The molecule has 44 valence electrons. The Labute approximate surface area is 47.4 Å². The Morgan fingerprint density at radius 2 is 2.62 bits per heavy atom. The third kappa shape index (κ3) is 0.857. The van der Waals surface area contributed by atoms with Crippen LogP contribution in [0.5, 0.6) is 0 Å². The first kappa shape index (κ1) is 5.28. The molecule has 0 saturated heterocycles. The van der Waals surface area contributed by atoms with Gasteiger partial charge in [0.1, 0.15) is 6.61 Å². The van der Waals surface area contributed by atoms with Gasteiger partial charge < -0.3 is 4.74 Å². The number of carbonyl (C=O) groups is 1. The van der Waals surface area contributed by atoms with Crippen LogP contribution in [0.2, 0.25) is 0 Å². The Kier molecular flexibility index (Phi) is 1.28. The van der Waals surface area contributed by atoms with Crippen LogP contribution in [0.25, 0.3) is 0 Å². The van der Waals surface area contributed by atoms with Crippen LogP contribution in [0.1, 0.15) is 6.92 Å². The topological polar surface area (TPSA) is 38.7 Å². The predicted molar refractivity (Wildman–Crippen MR) is 28.9 cm³/mol. The highest BCUT2D eigenvalue weighted by molar-refractivity contribution is 6.35. The average molecular weight is 113 g/mol. The zero-order valence-electron chi connectivity index (χ0n) is 4.68. The molecule has 0 fully saturated rings. The Morgan fingerprint density at radius 3 is 2.88 bits per heavy atom. The maximum absolute atomic E-state index is 10.4. The predicted octanol–water partition coefficient (Wildman–Crippen LogP) is 0.00410. The molecule has 0 atom stereocenters. The monoisotopic (exact) mass is 113 g/mol. The van der Waals surface area contributed by atoms with Gasteiger partial charge in [0.15, 0.2) is 0 Å². The van der Waals surface area contributed by atoms with Crippen LogP contribution in [0.4, 0.5) is 0 Å². The van der Waals surface area contributed by atoms with Crippen molar-refractivity contribution in [1.29, 1.82) is 0 Å². The van der Waals surface area contributed by atoms with Crippen LogP contribution in [0.3, 0.4) is 0 Å². The molecule has 1 heterocycles. The van der Waals surface area contributed by atoms with E-state index in [1.807, 2.05) is 0 Å². The summed E-state index contributed by atoms with van der Waals surface area (Å²) in [6.07, 6.45) is 0. The largest absolute Gasteiger partial charge is 0.473 e. The number of Topliss-reactive ketones (excluding diaryl/α,β-unsaturated/α-hetero) is 1. The first-order valence-corrected chi connectivity index (χ1v) is 2.49. The smallest absolute Gasteiger partial charge is 0.253 e. The van der Waals surface area contributed by atoms with Gasteiger partial charge in [-0.05, 0) is 0 Å². The first-order valence-electron chi connectivity index (χ1n) is 2.49. The summed E-state index contributed by atoms with van der Waals surface area (Å²) in [5, 5.41) is 0. The molecule has 0 N–H and O–H groups in total. The lowest BCUT2D eigenvalue weighted by Gasteiger charge is -1.91. The van der Waals surface area contributed by atoms with Crippen molar-refractivity contribution in [1.82, 2.24) is 0 Å². The summed E-state index contributed by atoms with van der Waals surface area (Å²) in [5.41, 5.74) is 0. The molecule has 1 rings (SSSR count). The normalized spacial score (nSPS) is 17.4. The fourth-order valence-electron chi connectivity index (χ4n) is 0.548. The maximum Gasteiger partial charge on any atom is 0.253 e. The zero-order valence-corrected chi connectivity index (χ0v) is 4.68. The van der Waals surface area contributed by atoms with E-state index in [0.717, 1.165) is 0 Å². The van der Waals surface area contributed by atoms with E-state index in [0.29, 0.717) is 13.2 Å². The van der Waals surface area contributed by atoms with Crippen molar-refractivity contribution < 1.29 is 9.53 Å². The number of ether oxygens (including phenoxy) is 1. The fraction of sp³-hybridized carbons (Fsp3) is 0.600. The number of carbonyl (C=O) groups excluding carboxylic acids is 1. The van der Waals surface area contributed by atoms with Gasteiger partial charge in [0.2, 0.25) is 5.78 Å². The van der Waals surface area contributed by atoms with E-state index < -0.39 is 0 Å². The molecule has 0 aromatic heterocycles. The highest BCUT2D eigenvalue weighted by atomic mass is 16.5. The van der Waals surface area contributed by atoms with E-state index in [2.05, 4.69) is 4.99 Å². The molecule has 0 unspecified atom stereocenters. The molecular weight excluding hydrogens is 106 g/mol. The number of ketones is 1. The fourth-order valence-corrected chi connectivity index (χ4v) is 0.548. The molecule has 0 radical (unpaired) electrons. The molecule has 0 aromatic carbocycles. The summed E-state index contributed by atoms with van der Waals surface area (Å²) >= 11 is 0. The van der Waals surface area contributed by atoms with Crippen LogP contribution in [0.15, 0.2) is 4.99 Å². The van der Waals surface area contributed by atoms with Crippen molar-refractivity contribution in [2.75, 3.05) is 13.2 Å². The summed E-state index contributed by atoms with van der Waals surface area (Å²) in [6.45, 7) is 2.65. The number of hydrogen-bond acceptors (Lipinski definition) is 3. The summed E-state index contributed by atoms with van der Waals surface area (Å²) in [5.74, 6) is 0.201. The van der Waals surface area contributed by atoms with Gasteiger partial charge in [-0.3, -0.25) is 4.79 Å². The molecule has 1 aliphatic heterocycles. The Hall–Kier alpha value is -0.860. The molecule has 0 bridgehead atoms. The average Bonchev–Trinajstić information content (AvgIpc) is 2.12. The van der Waals surface area contributed by atoms with Gasteiger partial charge in [0.25, 0.3) is 5.90 Å². The number of hydrogen-bond donors (Lipinski definition) is 0. The zero-order chi connectivity index (χ0) is 5.98. The number of nitrogens with zero attached hydrogens (tertiary/aromatic N) is 1. The van der Waals surface area contributed by atoms with Crippen molar-refractivity contribution in [2.45, 2.75) is 6.92 Å².